The van der Waals surface area contributed by atoms with Crippen LogP contribution in [0.4, 0.5) is 0 Å². The first-order valence-corrected chi connectivity index (χ1v) is 8.07. The Bertz CT molecular complexity index is 782. The minimum atomic E-state index is -0.129. The van der Waals surface area contributed by atoms with Crippen LogP contribution in [0.5, 0.6) is 0 Å². The number of hydrogen-bond donors (Lipinski definition) is 1. The van der Waals surface area contributed by atoms with Gasteiger partial charge in [-0.1, -0.05) is 37.3 Å². The fourth-order valence-electron chi connectivity index (χ4n) is 2.74. The van der Waals surface area contributed by atoms with E-state index in [1.807, 2.05) is 49.4 Å². The smallest absolute Gasteiger partial charge is 0.227 e. The Morgan fingerprint density at radius 1 is 1.17 bits per heavy atom. The number of rotatable bonds is 6. The predicted molar refractivity (Wildman–Crippen MR) is 93.3 cm³/mol. The third-order valence-corrected chi connectivity index (χ3v) is 4.04. The molecule has 0 saturated heterocycles. The van der Waals surface area contributed by atoms with Crippen molar-refractivity contribution in [2.75, 3.05) is 0 Å². The molecule has 4 nitrogen and oxygen atoms in total. The Morgan fingerprint density at radius 2 is 2.00 bits per heavy atom. The number of hydrogen-bond acceptors (Lipinski definition) is 3. The average molecular weight is 320 g/mol. The summed E-state index contributed by atoms with van der Waals surface area (Å²) in [7, 11) is 0. The lowest BCUT2D eigenvalue weighted by Crippen LogP contribution is -2.28. The van der Waals surface area contributed by atoms with Gasteiger partial charge in [-0.05, 0) is 29.7 Å². The van der Waals surface area contributed by atoms with Gasteiger partial charge in [0.25, 0.3) is 0 Å². The number of aromatic nitrogens is 1. The number of carbonyl (C=O) groups is 1. The van der Waals surface area contributed by atoms with Crippen LogP contribution in [0.25, 0.3) is 11.1 Å². The van der Waals surface area contributed by atoms with Crippen LogP contribution in [0.2, 0.25) is 0 Å². The van der Waals surface area contributed by atoms with Crippen LogP contribution in [0.1, 0.15) is 30.4 Å². The zero-order chi connectivity index (χ0) is 16.8. The van der Waals surface area contributed by atoms with E-state index < -0.39 is 0 Å². The predicted octanol–water partition coefficient (Wildman–Crippen LogP) is 4.15. The topological polar surface area (TPSA) is 55.1 Å². The maximum atomic E-state index is 12.5. The highest BCUT2D eigenvalue weighted by atomic mass is 16.3. The summed E-state index contributed by atoms with van der Waals surface area (Å²) in [5, 5.41) is 3.02. The molecule has 0 fully saturated rings. The zero-order valence-electron chi connectivity index (χ0n) is 13.6. The molecule has 2 heterocycles. The first kappa shape index (κ1) is 16.0. The van der Waals surface area contributed by atoms with Crippen LogP contribution in [0, 0.1) is 0 Å². The molecule has 1 aromatic carbocycles. The van der Waals surface area contributed by atoms with Crippen molar-refractivity contribution in [2.24, 2.45) is 0 Å². The highest BCUT2D eigenvalue weighted by Crippen LogP contribution is 2.21. The Morgan fingerprint density at radius 3 is 2.71 bits per heavy atom. The molecule has 0 aliphatic rings. The summed E-state index contributed by atoms with van der Waals surface area (Å²) < 4.78 is 5.10. The van der Waals surface area contributed by atoms with Gasteiger partial charge in [0.1, 0.15) is 0 Å². The largest absolute Gasteiger partial charge is 0.472 e. The lowest BCUT2D eigenvalue weighted by atomic mass is 9.95. The Hall–Kier alpha value is -2.88. The molecule has 0 unspecified atom stereocenters. The maximum Gasteiger partial charge on any atom is 0.227 e. The highest BCUT2D eigenvalue weighted by Gasteiger charge is 2.18. The van der Waals surface area contributed by atoms with E-state index >= 15 is 0 Å². The van der Waals surface area contributed by atoms with E-state index in [1.165, 1.54) is 0 Å². The first-order chi connectivity index (χ1) is 11.8. The number of amides is 1. The molecule has 0 bridgehead atoms. The van der Waals surface area contributed by atoms with Gasteiger partial charge in [-0.25, -0.2) is 0 Å². The van der Waals surface area contributed by atoms with Gasteiger partial charge in [-0.2, -0.15) is 0 Å². The van der Waals surface area contributed by atoms with Crippen molar-refractivity contribution in [3.63, 3.8) is 0 Å². The van der Waals surface area contributed by atoms with Crippen LogP contribution in [-0.2, 0) is 11.3 Å². The lowest BCUT2D eigenvalue weighted by Gasteiger charge is -2.15. The van der Waals surface area contributed by atoms with Crippen molar-refractivity contribution in [2.45, 2.75) is 25.8 Å². The number of nitrogens with one attached hydrogen (secondary N) is 1. The standard InChI is InChI=1S/C20H20N2O2/c1-2-19(16-6-4-3-5-7-16)20(23)22-12-15-10-18(13-21-11-15)17-8-9-24-14-17/h3-11,13-14,19H,2,12H2,1H3,(H,22,23)/t19-/m0/s1. The van der Waals surface area contributed by atoms with E-state index in [-0.39, 0.29) is 11.8 Å². The van der Waals surface area contributed by atoms with Gasteiger partial charge in [0, 0.05) is 30.1 Å². The molecule has 0 radical (unpaired) electrons. The molecular weight excluding hydrogens is 300 g/mol. The Labute approximate surface area is 141 Å². The third kappa shape index (κ3) is 3.71. The number of pyridine rings is 1. The maximum absolute atomic E-state index is 12.5. The zero-order valence-corrected chi connectivity index (χ0v) is 13.6. The summed E-state index contributed by atoms with van der Waals surface area (Å²) >= 11 is 0. The van der Waals surface area contributed by atoms with Gasteiger partial charge in [0.2, 0.25) is 5.91 Å². The number of furan rings is 1. The minimum absolute atomic E-state index is 0.0393. The normalized spacial score (nSPS) is 11.9. The number of nitrogens with zero attached hydrogens (tertiary/aromatic N) is 1. The molecule has 3 rings (SSSR count). The molecule has 2 aromatic heterocycles. The molecule has 1 atom stereocenters. The molecule has 1 amide bonds. The molecule has 0 aliphatic heterocycles. The van der Waals surface area contributed by atoms with Gasteiger partial charge in [0.15, 0.2) is 0 Å². The van der Waals surface area contributed by atoms with Gasteiger partial charge in [-0.3, -0.25) is 9.78 Å². The fourth-order valence-corrected chi connectivity index (χ4v) is 2.74. The monoisotopic (exact) mass is 320 g/mol. The van der Waals surface area contributed by atoms with Gasteiger partial charge < -0.3 is 9.73 Å². The van der Waals surface area contributed by atoms with Crippen LogP contribution in [0.15, 0.2) is 71.8 Å². The summed E-state index contributed by atoms with van der Waals surface area (Å²) in [5.41, 5.74) is 3.96. The fraction of sp³-hybridized carbons (Fsp3) is 0.200. The highest BCUT2D eigenvalue weighted by molar-refractivity contribution is 5.83. The second kappa shape index (κ2) is 7.59. The van der Waals surface area contributed by atoms with Crippen molar-refractivity contribution in [1.82, 2.24) is 10.3 Å². The van der Waals surface area contributed by atoms with Crippen molar-refractivity contribution >= 4 is 5.91 Å². The van der Waals surface area contributed by atoms with Gasteiger partial charge in [0.05, 0.1) is 18.4 Å². The summed E-state index contributed by atoms with van der Waals surface area (Å²) in [5.74, 6) is -0.0892. The molecule has 0 aliphatic carbocycles. The molecular formula is C20H20N2O2. The SMILES string of the molecule is CC[C@H](C(=O)NCc1cncc(-c2ccoc2)c1)c1ccccc1. The van der Waals surface area contributed by atoms with Crippen LogP contribution in [0.3, 0.4) is 0 Å². The molecule has 0 saturated carbocycles. The van der Waals surface area contributed by atoms with Crippen LogP contribution >= 0.6 is 0 Å². The summed E-state index contributed by atoms with van der Waals surface area (Å²) in [6, 6.07) is 13.8. The van der Waals surface area contributed by atoms with Crippen molar-refractivity contribution in [3.8, 4) is 11.1 Å². The summed E-state index contributed by atoms with van der Waals surface area (Å²) in [6.07, 6.45) is 7.64. The van der Waals surface area contributed by atoms with Crippen molar-refractivity contribution < 1.29 is 9.21 Å². The van der Waals surface area contributed by atoms with Crippen LogP contribution in [-0.4, -0.2) is 10.9 Å². The van der Waals surface area contributed by atoms with E-state index in [0.717, 1.165) is 28.7 Å². The first-order valence-electron chi connectivity index (χ1n) is 8.07. The molecule has 1 N–H and O–H groups in total. The molecule has 4 heteroatoms. The molecule has 24 heavy (non-hydrogen) atoms. The van der Waals surface area contributed by atoms with Crippen molar-refractivity contribution in [3.05, 3.63) is 78.5 Å². The third-order valence-electron chi connectivity index (χ3n) is 4.04. The average Bonchev–Trinajstić information content (AvgIpc) is 3.16. The summed E-state index contributed by atoms with van der Waals surface area (Å²) in [4.78, 5) is 16.8. The van der Waals surface area contributed by atoms with Gasteiger partial charge >= 0.3 is 0 Å². The Kier molecular flexibility index (Phi) is 5.06. The lowest BCUT2D eigenvalue weighted by molar-refractivity contribution is -0.122. The summed E-state index contributed by atoms with van der Waals surface area (Å²) in [6.45, 7) is 2.49. The minimum Gasteiger partial charge on any atom is -0.472 e. The van der Waals surface area contributed by atoms with E-state index in [2.05, 4.69) is 10.3 Å². The molecule has 0 spiro atoms. The van der Waals surface area contributed by atoms with Gasteiger partial charge in [-0.15, -0.1) is 0 Å². The van der Waals surface area contributed by atoms with E-state index in [4.69, 9.17) is 4.42 Å². The number of carbonyl (C=O) groups excluding carboxylic acids is 1. The van der Waals surface area contributed by atoms with E-state index in [0.29, 0.717) is 6.54 Å². The van der Waals surface area contributed by atoms with Crippen LogP contribution < -0.4 is 5.32 Å². The quantitative estimate of drug-likeness (QED) is 0.742. The second-order valence-corrected chi connectivity index (χ2v) is 5.68. The van der Waals surface area contributed by atoms with E-state index in [9.17, 15) is 4.79 Å². The van der Waals surface area contributed by atoms with E-state index in [1.54, 1.807) is 24.9 Å². The molecule has 3 aromatic rings. The second-order valence-electron chi connectivity index (χ2n) is 5.68. The van der Waals surface area contributed by atoms with Crippen molar-refractivity contribution in [1.29, 1.82) is 0 Å². The number of benzene rings is 1. The Balaban J connectivity index is 1.67. The molecule has 122 valence electrons.